The third kappa shape index (κ3) is 2.34. The maximum atomic E-state index is 10.8. The van der Waals surface area contributed by atoms with Crippen LogP contribution in [-0.2, 0) is 12.8 Å². The molecule has 104 valence electrons. The molecule has 0 aliphatic heterocycles. The highest BCUT2D eigenvalue weighted by Crippen LogP contribution is 2.34. The smallest absolute Gasteiger partial charge is 0.371 e. The molecule has 2 aromatic rings. The summed E-state index contributed by atoms with van der Waals surface area (Å²) in [5.74, 6) is -0.836. The second-order valence-corrected chi connectivity index (χ2v) is 5.22. The second-order valence-electron chi connectivity index (χ2n) is 5.22. The van der Waals surface area contributed by atoms with Crippen molar-refractivity contribution in [1.29, 1.82) is 0 Å². The van der Waals surface area contributed by atoms with Crippen LogP contribution < -0.4 is 0 Å². The zero-order valence-electron chi connectivity index (χ0n) is 11.0. The number of aromatic carboxylic acids is 1. The molecule has 0 bridgehead atoms. The highest BCUT2D eigenvalue weighted by atomic mass is 16.4. The van der Waals surface area contributed by atoms with Crippen molar-refractivity contribution < 1.29 is 19.4 Å². The summed E-state index contributed by atoms with van der Waals surface area (Å²) in [4.78, 5) is 10.8. The minimum absolute atomic E-state index is 0.0673. The average molecular weight is 272 g/mol. The average Bonchev–Trinajstić information content (AvgIpc) is 2.96. The normalized spacial score (nSPS) is 19.4. The van der Waals surface area contributed by atoms with E-state index in [-0.39, 0.29) is 11.7 Å². The van der Waals surface area contributed by atoms with Crippen LogP contribution >= 0.6 is 0 Å². The van der Waals surface area contributed by atoms with E-state index in [1.54, 1.807) is 6.07 Å². The number of aliphatic hydroxyl groups is 1. The van der Waals surface area contributed by atoms with Crippen LogP contribution in [0.5, 0.6) is 0 Å². The summed E-state index contributed by atoms with van der Waals surface area (Å²) in [6.07, 6.45) is 1.85. The molecule has 0 saturated carbocycles. The Hall–Kier alpha value is -2.07. The maximum Gasteiger partial charge on any atom is 0.371 e. The van der Waals surface area contributed by atoms with E-state index in [9.17, 15) is 9.90 Å². The van der Waals surface area contributed by atoms with E-state index in [1.165, 1.54) is 17.2 Å². The predicted octanol–water partition coefficient (Wildman–Crippen LogP) is 2.82. The Morgan fingerprint density at radius 3 is 2.65 bits per heavy atom. The first-order valence-corrected chi connectivity index (χ1v) is 6.73. The van der Waals surface area contributed by atoms with E-state index in [1.807, 2.05) is 12.1 Å². The second kappa shape index (κ2) is 5.13. The van der Waals surface area contributed by atoms with Gasteiger partial charge in [-0.05, 0) is 48.4 Å². The summed E-state index contributed by atoms with van der Waals surface area (Å²) < 4.78 is 5.20. The lowest BCUT2D eigenvalue weighted by Crippen LogP contribution is -2.20. The SMILES string of the molecule is O=C(O)c1ccc(C(O)C2CCc3ccccc3C2)o1. The van der Waals surface area contributed by atoms with Gasteiger partial charge in [0.25, 0.3) is 0 Å². The molecule has 0 saturated heterocycles. The van der Waals surface area contributed by atoms with Crippen molar-refractivity contribution in [2.75, 3.05) is 0 Å². The van der Waals surface area contributed by atoms with E-state index in [4.69, 9.17) is 9.52 Å². The Balaban J connectivity index is 1.78. The lowest BCUT2D eigenvalue weighted by atomic mass is 9.80. The zero-order valence-corrected chi connectivity index (χ0v) is 11.0. The van der Waals surface area contributed by atoms with Crippen molar-refractivity contribution in [3.63, 3.8) is 0 Å². The first kappa shape index (κ1) is 12.9. The minimum Gasteiger partial charge on any atom is -0.475 e. The Labute approximate surface area is 116 Å². The largest absolute Gasteiger partial charge is 0.475 e. The molecule has 1 aromatic heterocycles. The number of hydrogen-bond donors (Lipinski definition) is 2. The molecule has 0 spiro atoms. The molecule has 0 amide bonds. The van der Waals surface area contributed by atoms with Gasteiger partial charge in [-0.2, -0.15) is 0 Å². The standard InChI is InChI=1S/C16H16O4/c17-15(13-7-8-14(20-13)16(18)19)12-6-5-10-3-1-2-4-11(10)9-12/h1-4,7-8,12,15,17H,5-6,9H2,(H,18,19). The molecule has 2 atom stereocenters. The van der Waals surface area contributed by atoms with Crippen molar-refractivity contribution in [2.24, 2.45) is 5.92 Å². The molecule has 0 radical (unpaired) electrons. The van der Waals surface area contributed by atoms with Crippen molar-refractivity contribution in [1.82, 2.24) is 0 Å². The van der Waals surface area contributed by atoms with E-state index < -0.39 is 12.1 Å². The summed E-state index contributed by atoms with van der Waals surface area (Å²) in [7, 11) is 0. The molecule has 1 aliphatic carbocycles. The molecule has 1 aliphatic rings. The first-order chi connectivity index (χ1) is 9.65. The number of aliphatic hydroxyl groups excluding tert-OH is 1. The molecule has 0 fully saturated rings. The number of aryl methyl sites for hydroxylation is 1. The van der Waals surface area contributed by atoms with Gasteiger partial charge in [0.05, 0.1) is 0 Å². The van der Waals surface area contributed by atoms with Crippen LogP contribution in [0.2, 0.25) is 0 Å². The topological polar surface area (TPSA) is 70.7 Å². The molecule has 1 aromatic carbocycles. The Morgan fingerprint density at radius 2 is 1.95 bits per heavy atom. The number of benzene rings is 1. The summed E-state index contributed by atoms with van der Waals surface area (Å²) in [5, 5.41) is 19.2. The van der Waals surface area contributed by atoms with Crippen LogP contribution in [0.25, 0.3) is 0 Å². The van der Waals surface area contributed by atoms with Crippen LogP contribution in [0.3, 0.4) is 0 Å². The molecular weight excluding hydrogens is 256 g/mol. The fraction of sp³-hybridized carbons (Fsp3) is 0.312. The van der Waals surface area contributed by atoms with Gasteiger partial charge >= 0.3 is 5.97 Å². The summed E-state index contributed by atoms with van der Waals surface area (Å²) in [6.45, 7) is 0. The van der Waals surface area contributed by atoms with Crippen molar-refractivity contribution >= 4 is 5.97 Å². The molecule has 4 heteroatoms. The predicted molar refractivity (Wildman–Crippen MR) is 72.6 cm³/mol. The third-order valence-electron chi connectivity index (χ3n) is 3.96. The molecule has 2 unspecified atom stereocenters. The van der Waals surface area contributed by atoms with Gasteiger partial charge in [-0.1, -0.05) is 24.3 Å². The van der Waals surface area contributed by atoms with E-state index in [0.717, 1.165) is 19.3 Å². The van der Waals surface area contributed by atoms with E-state index in [2.05, 4.69) is 12.1 Å². The number of carbonyl (C=O) groups is 1. The molecule has 2 N–H and O–H groups in total. The van der Waals surface area contributed by atoms with E-state index >= 15 is 0 Å². The van der Waals surface area contributed by atoms with Gasteiger partial charge in [0, 0.05) is 0 Å². The van der Waals surface area contributed by atoms with Gasteiger partial charge in [-0.25, -0.2) is 4.79 Å². The molecule has 20 heavy (non-hydrogen) atoms. The summed E-state index contributed by atoms with van der Waals surface area (Å²) in [6, 6.07) is 11.2. The summed E-state index contributed by atoms with van der Waals surface area (Å²) >= 11 is 0. The fourth-order valence-corrected chi connectivity index (χ4v) is 2.85. The van der Waals surface area contributed by atoms with Gasteiger partial charge in [0.1, 0.15) is 11.9 Å². The maximum absolute atomic E-state index is 10.8. The Morgan fingerprint density at radius 1 is 1.20 bits per heavy atom. The summed E-state index contributed by atoms with van der Waals surface area (Å²) in [5.41, 5.74) is 2.59. The third-order valence-corrected chi connectivity index (χ3v) is 3.96. The van der Waals surface area contributed by atoms with Crippen LogP contribution in [-0.4, -0.2) is 16.2 Å². The molecular formula is C16H16O4. The molecule has 1 heterocycles. The van der Waals surface area contributed by atoms with Crippen molar-refractivity contribution in [3.8, 4) is 0 Å². The van der Waals surface area contributed by atoms with Crippen LogP contribution in [0.4, 0.5) is 0 Å². The van der Waals surface area contributed by atoms with Crippen molar-refractivity contribution in [2.45, 2.75) is 25.4 Å². The highest BCUT2D eigenvalue weighted by molar-refractivity contribution is 5.84. The van der Waals surface area contributed by atoms with Crippen LogP contribution in [0, 0.1) is 5.92 Å². The minimum atomic E-state index is -1.11. The van der Waals surface area contributed by atoms with E-state index in [0.29, 0.717) is 5.76 Å². The Bertz CT molecular complexity index is 629. The lowest BCUT2D eigenvalue weighted by Gasteiger charge is -2.27. The monoisotopic (exact) mass is 272 g/mol. The number of carboxylic acid groups (broad SMARTS) is 1. The number of rotatable bonds is 3. The van der Waals surface area contributed by atoms with Gasteiger partial charge < -0.3 is 14.6 Å². The lowest BCUT2D eigenvalue weighted by molar-refractivity contribution is 0.0610. The van der Waals surface area contributed by atoms with Crippen molar-refractivity contribution in [3.05, 3.63) is 59.0 Å². The molecule has 3 rings (SSSR count). The van der Waals surface area contributed by atoms with Crippen LogP contribution in [0.15, 0.2) is 40.8 Å². The quantitative estimate of drug-likeness (QED) is 0.901. The molecule has 4 nitrogen and oxygen atoms in total. The van der Waals surface area contributed by atoms with Gasteiger partial charge in [0.2, 0.25) is 5.76 Å². The Kier molecular flexibility index (Phi) is 3.32. The first-order valence-electron chi connectivity index (χ1n) is 6.73. The zero-order chi connectivity index (χ0) is 14.1. The fourth-order valence-electron chi connectivity index (χ4n) is 2.85. The number of fused-ring (bicyclic) bond motifs is 1. The van der Waals surface area contributed by atoms with Gasteiger partial charge in [-0.3, -0.25) is 0 Å². The number of furan rings is 1. The van der Waals surface area contributed by atoms with Gasteiger partial charge in [0.15, 0.2) is 0 Å². The highest BCUT2D eigenvalue weighted by Gasteiger charge is 2.28. The number of carboxylic acids is 1. The van der Waals surface area contributed by atoms with Gasteiger partial charge in [-0.15, -0.1) is 0 Å². The van der Waals surface area contributed by atoms with Crippen LogP contribution in [0.1, 0.15) is 40.0 Å². The number of hydrogen-bond acceptors (Lipinski definition) is 3.